The molecule has 1 unspecified atom stereocenters. The Labute approximate surface area is 120 Å². The van der Waals surface area contributed by atoms with E-state index in [1.807, 2.05) is 32.0 Å². The van der Waals surface area contributed by atoms with Crippen LogP contribution in [0.5, 0.6) is 0 Å². The highest BCUT2D eigenvalue weighted by Crippen LogP contribution is 2.17. The standard InChI is InChI=1S/C15H22ClNO2/c1-11(2)9-15(3,19)10-17-14(18)8-12-6-4-5-7-13(12)16/h4-7,11,19H,8-10H2,1-3H3,(H,17,18). The molecule has 0 aromatic heterocycles. The van der Waals surface area contributed by atoms with Gasteiger partial charge in [-0.3, -0.25) is 4.79 Å². The van der Waals surface area contributed by atoms with Crippen molar-refractivity contribution in [1.29, 1.82) is 0 Å². The van der Waals surface area contributed by atoms with Crippen molar-refractivity contribution in [2.45, 2.75) is 39.2 Å². The minimum atomic E-state index is -0.871. The summed E-state index contributed by atoms with van der Waals surface area (Å²) < 4.78 is 0. The lowest BCUT2D eigenvalue weighted by Gasteiger charge is -2.25. The van der Waals surface area contributed by atoms with Gasteiger partial charge in [-0.15, -0.1) is 0 Å². The maximum absolute atomic E-state index is 11.8. The van der Waals surface area contributed by atoms with Crippen LogP contribution in [-0.2, 0) is 11.2 Å². The van der Waals surface area contributed by atoms with Gasteiger partial charge in [-0.05, 0) is 30.9 Å². The predicted molar refractivity (Wildman–Crippen MR) is 78.2 cm³/mol. The van der Waals surface area contributed by atoms with Gasteiger partial charge in [-0.2, -0.15) is 0 Å². The summed E-state index contributed by atoms with van der Waals surface area (Å²) in [4.78, 5) is 11.8. The molecule has 19 heavy (non-hydrogen) atoms. The molecule has 1 amide bonds. The number of halogens is 1. The third kappa shape index (κ3) is 6.08. The fourth-order valence-corrected chi connectivity index (χ4v) is 2.32. The first-order valence-electron chi connectivity index (χ1n) is 6.52. The summed E-state index contributed by atoms with van der Waals surface area (Å²) >= 11 is 6.00. The van der Waals surface area contributed by atoms with Gasteiger partial charge >= 0.3 is 0 Å². The van der Waals surface area contributed by atoms with Crippen LogP contribution >= 0.6 is 11.6 Å². The van der Waals surface area contributed by atoms with Crippen molar-refractivity contribution < 1.29 is 9.90 Å². The van der Waals surface area contributed by atoms with E-state index in [0.717, 1.165) is 5.56 Å². The lowest BCUT2D eigenvalue weighted by Crippen LogP contribution is -2.42. The van der Waals surface area contributed by atoms with Crippen LogP contribution in [0.2, 0.25) is 5.02 Å². The van der Waals surface area contributed by atoms with Crippen molar-refractivity contribution in [2.75, 3.05) is 6.54 Å². The quantitative estimate of drug-likeness (QED) is 0.843. The molecule has 0 radical (unpaired) electrons. The van der Waals surface area contributed by atoms with Gasteiger partial charge < -0.3 is 10.4 Å². The zero-order valence-corrected chi connectivity index (χ0v) is 12.5. The van der Waals surface area contributed by atoms with E-state index in [4.69, 9.17) is 11.6 Å². The third-order valence-corrected chi connectivity index (χ3v) is 3.19. The van der Waals surface area contributed by atoms with Gasteiger partial charge in [0.2, 0.25) is 5.91 Å². The lowest BCUT2D eigenvalue weighted by atomic mass is 9.94. The van der Waals surface area contributed by atoms with E-state index in [1.54, 1.807) is 13.0 Å². The average Bonchev–Trinajstić information content (AvgIpc) is 2.28. The second-order valence-corrected chi connectivity index (χ2v) is 6.05. The molecule has 1 aromatic carbocycles. The largest absolute Gasteiger partial charge is 0.388 e. The van der Waals surface area contributed by atoms with Crippen LogP contribution in [-0.4, -0.2) is 23.2 Å². The highest BCUT2D eigenvalue weighted by atomic mass is 35.5. The molecule has 1 aromatic rings. The van der Waals surface area contributed by atoms with Crippen molar-refractivity contribution >= 4 is 17.5 Å². The first-order valence-corrected chi connectivity index (χ1v) is 6.90. The molecule has 0 bridgehead atoms. The van der Waals surface area contributed by atoms with Crippen LogP contribution in [0.25, 0.3) is 0 Å². The van der Waals surface area contributed by atoms with Crippen LogP contribution in [0.1, 0.15) is 32.8 Å². The Morgan fingerprint density at radius 3 is 2.63 bits per heavy atom. The predicted octanol–water partition coefficient (Wildman–Crippen LogP) is 2.80. The molecule has 0 spiro atoms. The summed E-state index contributed by atoms with van der Waals surface area (Å²) in [5.41, 5.74) is -0.0743. The SMILES string of the molecule is CC(C)CC(C)(O)CNC(=O)Cc1ccccc1Cl. The number of benzene rings is 1. The number of amides is 1. The van der Waals surface area contributed by atoms with E-state index in [0.29, 0.717) is 17.4 Å². The second-order valence-electron chi connectivity index (χ2n) is 5.64. The topological polar surface area (TPSA) is 49.3 Å². The number of rotatable bonds is 6. The molecular weight excluding hydrogens is 262 g/mol. The molecule has 0 fully saturated rings. The van der Waals surface area contributed by atoms with Gasteiger partial charge in [0.15, 0.2) is 0 Å². The first kappa shape index (κ1) is 16.0. The van der Waals surface area contributed by atoms with Gasteiger partial charge in [-0.25, -0.2) is 0 Å². The van der Waals surface area contributed by atoms with Gasteiger partial charge in [0.1, 0.15) is 0 Å². The second kappa shape index (κ2) is 6.92. The Kier molecular flexibility index (Phi) is 5.83. The summed E-state index contributed by atoms with van der Waals surface area (Å²) in [6.45, 7) is 6.08. The molecule has 3 nitrogen and oxygen atoms in total. The molecular formula is C15H22ClNO2. The van der Waals surface area contributed by atoms with Crippen molar-refractivity contribution in [3.05, 3.63) is 34.9 Å². The summed E-state index contributed by atoms with van der Waals surface area (Å²) in [5, 5.41) is 13.5. The average molecular weight is 284 g/mol. The zero-order chi connectivity index (χ0) is 14.5. The highest BCUT2D eigenvalue weighted by molar-refractivity contribution is 6.31. The van der Waals surface area contributed by atoms with Crippen molar-refractivity contribution in [2.24, 2.45) is 5.92 Å². The molecule has 106 valence electrons. The summed E-state index contributed by atoms with van der Waals surface area (Å²) in [6.07, 6.45) is 0.886. The molecule has 0 saturated carbocycles. The van der Waals surface area contributed by atoms with Crippen molar-refractivity contribution in [1.82, 2.24) is 5.32 Å². The van der Waals surface area contributed by atoms with E-state index >= 15 is 0 Å². The van der Waals surface area contributed by atoms with Crippen LogP contribution in [0, 0.1) is 5.92 Å². The maximum atomic E-state index is 11.8. The number of hydrogen-bond donors (Lipinski definition) is 2. The molecule has 4 heteroatoms. The van der Waals surface area contributed by atoms with E-state index in [-0.39, 0.29) is 18.9 Å². The third-order valence-electron chi connectivity index (χ3n) is 2.82. The molecule has 1 rings (SSSR count). The Hall–Kier alpha value is -1.06. The Bertz CT molecular complexity index is 430. The van der Waals surface area contributed by atoms with Crippen LogP contribution in [0.15, 0.2) is 24.3 Å². The fourth-order valence-electron chi connectivity index (χ4n) is 2.12. The normalized spacial score (nSPS) is 14.2. The first-order chi connectivity index (χ1) is 8.80. The van der Waals surface area contributed by atoms with E-state index in [2.05, 4.69) is 5.32 Å². The Morgan fingerprint density at radius 1 is 1.42 bits per heavy atom. The molecule has 0 saturated heterocycles. The summed E-state index contributed by atoms with van der Waals surface area (Å²) in [7, 11) is 0. The zero-order valence-electron chi connectivity index (χ0n) is 11.7. The summed E-state index contributed by atoms with van der Waals surface area (Å²) in [6, 6.07) is 7.27. The minimum Gasteiger partial charge on any atom is -0.388 e. The van der Waals surface area contributed by atoms with Gasteiger partial charge in [-0.1, -0.05) is 43.6 Å². The number of aliphatic hydroxyl groups is 1. The van der Waals surface area contributed by atoms with Gasteiger partial charge in [0.25, 0.3) is 0 Å². The van der Waals surface area contributed by atoms with E-state index in [9.17, 15) is 9.90 Å². The molecule has 0 heterocycles. The number of carbonyl (C=O) groups is 1. The highest BCUT2D eigenvalue weighted by Gasteiger charge is 2.22. The van der Waals surface area contributed by atoms with Crippen LogP contribution in [0.4, 0.5) is 0 Å². The maximum Gasteiger partial charge on any atom is 0.224 e. The molecule has 2 N–H and O–H groups in total. The summed E-state index contributed by atoms with van der Waals surface area (Å²) in [5.74, 6) is 0.257. The smallest absolute Gasteiger partial charge is 0.224 e. The molecule has 0 aliphatic heterocycles. The Balaban J connectivity index is 2.46. The van der Waals surface area contributed by atoms with E-state index in [1.165, 1.54) is 0 Å². The molecule has 0 aliphatic rings. The minimum absolute atomic E-state index is 0.128. The van der Waals surface area contributed by atoms with Gasteiger partial charge in [0, 0.05) is 11.6 Å². The fraction of sp³-hybridized carbons (Fsp3) is 0.533. The molecule has 1 atom stereocenters. The number of hydrogen-bond acceptors (Lipinski definition) is 2. The van der Waals surface area contributed by atoms with Crippen molar-refractivity contribution in [3.8, 4) is 0 Å². The van der Waals surface area contributed by atoms with E-state index < -0.39 is 5.60 Å². The van der Waals surface area contributed by atoms with Crippen LogP contribution < -0.4 is 5.32 Å². The van der Waals surface area contributed by atoms with Gasteiger partial charge in [0.05, 0.1) is 12.0 Å². The van der Waals surface area contributed by atoms with Crippen LogP contribution in [0.3, 0.4) is 0 Å². The lowest BCUT2D eigenvalue weighted by molar-refractivity contribution is -0.121. The monoisotopic (exact) mass is 283 g/mol. The van der Waals surface area contributed by atoms with Crippen molar-refractivity contribution in [3.63, 3.8) is 0 Å². The number of carbonyl (C=O) groups excluding carboxylic acids is 1. The molecule has 0 aliphatic carbocycles. The number of nitrogens with one attached hydrogen (secondary N) is 1. The Morgan fingerprint density at radius 2 is 2.05 bits per heavy atom.